The minimum absolute atomic E-state index is 0.327. The zero-order valence-corrected chi connectivity index (χ0v) is 14.3. The molecule has 0 aliphatic rings. The summed E-state index contributed by atoms with van der Waals surface area (Å²) in [5.41, 5.74) is 4.40. The number of nitrogens with one attached hydrogen (secondary N) is 1. The summed E-state index contributed by atoms with van der Waals surface area (Å²) in [4.78, 5) is 11.9. The Balaban J connectivity index is 1.82. The van der Waals surface area contributed by atoms with Gasteiger partial charge in [-0.2, -0.15) is 5.10 Å². The third kappa shape index (κ3) is 5.56. The van der Waals surface area contributed by atoms with Crippen LogP contribution in [0.2, 0.25) is 5.02 Å². The van der Waals surface area contributed by atoms with E-state index in [9.17, 15) is 4.79 Å². The Hall–Kier alpha value is -2.59. The van der Waals surface area contributed by atoms with Crippen LogP contribution in [0.5, 0.6) is 5.75 Å². The maximum atomic E-state index is 11.9. The third-order valence-corrected chi connectivity index (χ3v) is 3.66. The lowest BCUT2D eigenvalue weighted by atomic mass is 10.2. The highest BCUT2D eigenvalue weighted by Crippen LogP contribution is 2.21. The second kappa shape index (κ2) is 8.89. The van der Waals surface area contributed by atoms with E-state index < -0.39 is 6.10 Å². The van der Waals surface area contributed by atoms with Crippen LogP contribution in [-0.2, 0) is 4.79 Å². The number of carbonyl (C=O) groups is 1. The minimum Gasteiger partial charge on any atom is -0.481 e. The molecule has 1 N–H and O–H groups in total. The summed E-state index contributed by atoms with van der Waals surface area (Å²) in [7, 11) is 0. The van der Waals surface area contributed by atoms with Crippen LogP contribution >= 0.6 is 11.6 Å². The molecule has 1 unspecified atom stereocenters. The number of hydrogen-bond acceptors (Lipinski definition) is 3. The average molecular weight is 343 g/mol. The number of hydrazone groups is 1. The second-order valence-electron chi connectivity index (χ2n) is 5.20. The van der Waals surface area contributed by atoms with E-state index in [-0.39, 0.29) is 5.91 Å². The molecule has 0 saturated carbocycles. The van der Waals surface area contributed by atoms with Gasteiger partial charge in [0.25, 0.3) is 5.91 Å². The minimum atomic E-state index is -0.666. The van der Waals surface area contributed by atoms with E-state index in [4.69, 9.17) is 16.3 Å². The molecule has 0 saturated heterocycles. The monoisotopic (exact) mass is 342 g/mol. The van der Waals surface area contributed by atoms with Crippen LogP contribution in [0.25, 0.3) is 6.08 Å². The summed E-state index contributed by atoms with van der Waals surface area (Å²) >= 11 is 5.96. The third-order valence-electron chi connectivity index (χ3n) is 3.24. The van der Waals surface area contributed by atoms with Crippen molar-refractivity contribution in [1.82, 2.24) is 5.43 Å². The largest absolute Gasteiger partial charge is 0.481 e. The van der Waals surface area contributed by atoms with Gasteiger partial charge in [-0.1, -0.05) is 48.0 Å². The molecule has 0 aromatic heterocycles. The molecule has 124 valence electrons. The van der Waals surface area contributed by atoms with E-state index in [1.165, 1.54) is 6.21 Å². The molecule has 24 heavy (non-hydrogen) atoms. The Bertz CT molecular complexity index is 742. The SMILES string of the molecule is Cc1cc(OC(C)C(=O)N/N=C/C=C/c2ccccc2)ccc1Cl. The van der Waals surface area contributed by atoms with Gasteiger partial charge in [-0.25, -0.2) is 5.43 Å². The van der Waals surface area contributed by atoms with Gasteiger partial charge < -0.3 is 4.74 Å². The van der Waals surface area contributed by atoms with E-state index in [2.05, 4.69) is 10.5 Å². The molecular formula is C19H19ClN2O2. The van der Waals surface area contributed by atoms with Gasteiger partial charge >= 0.3 is 0 Å². The molecule has 0 radical (unpaired) electrons. The molecule has 1 atom stereocenters. The van der Waals surface area contributed by atoms with E-state index in [1.54, 1.807) is 31.2 Å². The van der Waals surface area contributed by atoms with E-state index >= 15 is 0 Å². The van der Waals surface area contributed by atoms with Gasteiger partial charge in [0.15, 0.2) is 6.10 Å². The number of rotatable bonds is 6. The van der Waals surface area contributed by atoms with Gasteiger partial charge in [0.2, 0.25) is 0 Å². The van der Waals surface area contributed by atoms with Crippen LogP contribution in [0.1, 0.15) is 18.1 Å². The van der Waals surface area contributed by atoms with E-state index in [0.29, 0.717) is 10.8 Å². The van der Waals surface area contributed by atoms with Gasteiger partial charge in [0, 0.05) is 11.2 Å². The number of hydrogen-bond donors (Lipinski definition) is 1. The summed E-state index contributed by atoms with van der Waals surface area (Å²) in [6.45, 7) is 3.54. The number of nitrogens with zero attached hydrogens (tertiary/aromatic N) is 1. The number of benzene rings is 2. The Kier molecular flexibility index (Phi) is 6.58. The van der Waals surface area contributed by atoms with Gasteiger partial charge in [-0.15, -0.1) is 0 Å². The van der Waals surface area contributed by atoms with Crippen molar-refractivity contribution in [1.29, 1.82) is 0 Å². The van der Waals surface area contributed by atoms with Gasteiger partial charge in [0.05, 0.1) is 0 Å². The molecule has 0 aliphatic carbocycles. The normalized spacial score (nSPS) is 12.5. The zero-order chi connectivity index (χ0) is 17.4. The van der Waals surface area contributed by atoms with Gasteiger partial charge in [-0.3, -0.25) is 4.79 Å². The maximum Gasteiger partial charge on any atom is 0.280 e. The highest BCUT2D eigenvalue weighted by molar-refractivity contribution is 6.31. The molecule has 5 heteroatoms. The van der Waals surface area contributed by atoms with Crippen molar-refractivity contribution in [2.45, 2.75) is 20.0 Å². The van der Waals surface area contributed by atoms with Crippen molar-refractivity contribution >= 4 is 29.8 Å². The Morgan fingerprint density at radius 2 is 2.00 bits per heavy atom. The van der Waals surface area contributed by atoms with Gasteiger partial charge in [0.1, 0.15) is 5.75 Å². The molecule has 2 aromatic rings. The number of halogens is 1. The van der Waals surface area contributed by atoms with Crippen LogP contribution in [0.15, 0.2) is 59.7 Å². The predicted octanol–water partition coefficient (Wildman–Crippen LogP) is 4.23. The van der Waals surface area contributed by atoms with Crippen molar-refractivity contribution in [3.8, 4) is 5.75 Å². The fraction of sp³-hybridized carbons (Fsp3) is 0.158. The van der Waals surface area contributed by atoms with Crippen molar-refractivity contribution in [3.63, 3.8) is 0 Å². The standard InChI is InChI=1S/C19H19ClN2O2/c1-14-13-17(10-11-18(14)20)24-15(2)19(23)22-21-12-6-9-16-7-4-3-5-8-16/h3-13,15H,1-2H3,(H,22,23)/b9-6+,21-12+. The Morgan fingerprint density at radius 1 is 1.25 bits per heavy atom. The molecule has 1 amide bonds. The topological polar surface area (TPSA) is 50.7 Å². The highest BCUT2D eigenvalue weighted by Gasteiger charge is 2.14. The van der Waals surface area contributed by atoms with Crippen molar-refractivity contribution < 1.29 is 9.53 Å². The van der Waals surface area contributed by atoms with Crippen LogP contribution in [-0.4, -0.2) is 18.2 Å². The van der Waals surface area contributed by atoms with E-state index in [1.807, 2.05) is 43.3 Å². The first-order valence-corrected chi connectivity index (χ1v) is 7.91. The lowest BCUT2D eigenvalue weighted by Gasteiger charge is -2.13. The average Bonchev–Trinajstić information content (AvgIpc) is 2.58. The quantitative estimate of drug-likeness (QED) is 0.631. The molecular weight excluding hydrogens is 324 g/mol. The first-order chi connectivity index (χ1) is 11.6. The first-order valence-electron chi connectivity index (χ1n) is 7.53. The number of aryl methyl sites for hydroxylation is 1. The summed E-state index contributed by atoms with van der Waals surface area (Å²) in [5, 5.41) is 4.53. The van der Waals surface area contributed by atoms with Crippen molar-refractivity contribution in [2.24, 2.45) is 5.10 Å². The Morgan fingerprint density at radius 3 is 2.71 bits per heavy atom. The molecule has 0 fully saturated rings. The van der Waals surface area contributed by atoms with Crippen LogP contribution in [0.3, 0.4) is 0 Å². The maximum absolute atomic E-state index is 11.9. The van der Waals surface area contributed by atoms with E-state index in [0.717, 1.165) is 11.1 Å². The lowest BCUT2D eigenvalue weighted by Crippen LogP contribution is -2.33. The lowest BCUT2D eigenvalue weighted by molar-refractivity contribution is -0.127. The zero-order valence-electron chi connectivity index (χ0n) is 13.6. The smallest absolute Gasteiger partial charge is 0.280 e. The molecule has 2 aromatic carbocycles. The summed E-state index contributed by atoms with van der Waals surface area (Å²) in [6, 6.07) is 15.1. The molecule has 0 heterocycles. The van der Waals surface area contributed by atoms with Crippen LogP contribution in [0.4, 0.5) is 0 Å². The Labute approximate surface area is 146 Å². The molecule has 4 nitrogen and oxygen atoms in total. The van der Waals surface area contributed by atoms with Crippen molar-refractivity contribution in [2.75, 3.05) is 0 Å². The fourth-order valence-corrected chi connectivity index (χ4v) is 2.02. The number of carbonyl (C=O) groups excluding carboxylic acids is 1. The summed E-state index contributed by atoms with van der Waals surface area (Å²) < 4.78 is 5.58. The number of amides is 1. The highest BCUT2D eigenvalue weighted by atomic mass is 35.5. The van der Waals surface area contributed by atoms with Crippen molar-refractivity contribution in [3.05, 3.63) is 70.8 Å². The molecule has 2 rings (SSSR count). The number of ether oxygens (including phenoxy) is 1. The number of allylic oxidation sites excluding steroid dienone is 1. The fourth-order valence-electron chi connectivity index (χ4n) is 1.90. The van der Waals surface area contributed by atoms with Crippen LogP contribution in [0, 0.1) is 6.92 Å². The first kappa shape index (κ1) is 17.8. The molecule has 0 spiro atoms. The predicted molar refractivity (Wildman–Crippen MR) is 98.4 cm³/mol. The van der Waals surface area contributed by atoms with Crippen LogP contribution < -0.4 is 10.2 Å². The molecule has 0 bridgehead atoms. The summed E-state index contributed by atoms with van der Waals surface area (Å²) in [5.74, 6) is 0.263. The van der Waals surface area contributed by atoms with Gasteiger partial charge in [-0.05, 0) is 49.2 Å². The summed E-state index contributed by atoms with van der Waals surface area (Å²) in [6.07, 6.45) is 4.50. The molecule has 0 aliphatic heterocycles. The second-order valence-corrected chi connectivity index (χ2v) is 5.60.